The van der Waals surface area contributed by atoms with E-state index in [0.717, 1.165) is 25.9 Å². The van der Waals surface area contributed by atoms with E-state index in [9.17, 15) is 0 Å². The minimum absolute atomic E-state index is 0.0928. The Morgan fingerprint density at radius 2 is 1.85 bits per heavy atom. The molecule has 0 amide bonds. The second kappa shape index (κ2) is 5.37. The molecule has 1 aromatic rings. The lowest BCUT2D eigenvalue weighted by atomic mass is 9.79. The molecule has 0 spiro atoms. The van der Waals surface area contributed by atoms with Crippen molar-refractivity contribution in [1.29, 1.82) is 0 Å². The summed E-state index contributed by atoms with van der Waals surface area (Å²) >= 11 is 0. The Kier molecular flexibility index (Phi) is 3.58. The Hall–Kier alpha value is -1.67. The normalized spacial score (nSPS) is 21.2. The molecule has 2 aliphatic rings. The van der Waals surface area contributed by atoms with Crippen LogP contribution in [0.4, 0.5) is 17.8 Å². The lowest BCUT2D eigenvalue weighted by Gasteiger charge is -2.39. The summed E-state index contributed by atoms with van der Waals surface area (Å²) in [5.41, 5.74) is 2.60. The fraction of sp³-hybridized carbons (Fsp3) is 0.750. The summed E-state index contributed by atoms with van der Waals surface area (Å²) in [6.07, 6.45) is 3.51. The van der Waals surface area contributed by atoms with Gasteiger partial charge in [-0.05, 0) is 26.2 Å². The van der Waals surface area contributed by atoms with Gasteiger partial charge in [0.2, 0.25) is 17.8 Å². The average Bonchev–Trinajstić information content (AvgIpc) is 2.46. The third kappa shape index (κ3) is 2.75. The van der Waals surface area contributed by atoms with E-state index >= 15 is 0 Å². The molecule has 1 saturated carbocycles. The Morgan fingerprint density at radius 1 is 1.15 bits per heavy atom. The number of aromatic nitrogens is 3. The van der Waals surface area contributed by atoms with Crippen molar-refractivity contribution in [1.82, 2.24) is 15.0 Å². The molecule has 0 radical (unpaired) electrons. The van der Waals surface area contributed by atoms with Crippen LogP contribution in [0.15, 0.2) is 0 Å². The smallest absolute Gasteiger partial charge is 0.243 e. The molecule has 4 N–H and O–H groups in total. The third-order valence-electron chi connectivity index (χ3n) is 3.92. The number of rotatable bonds is 4. The number of hydrogen-bond donors (Lipinski definition) is 3. The van der Waals surface area contributed by atoms with Gasteiger partial charge in [-0.2, -0.15) is 15.0 Å². The largest absolute Gasteiger partial charge is 0.378 e. The van der Waals surface area contributed by atoms with Crippen LogP contribution in [0, 0.1) is 0 Å². The summed E-state index contributed by atoms with van der Waals surface area (Å²) in [4.78, 5) is 15.2. The number of morpholine rings is 1. The van der Waals surface area contributed by atoms with Crippen LogP contribution in [-0.4, -0.2) is 46.8 Å². The number of nitrogen functional groups attached to an aromatic ring is 1. The molecule has 2 fully saturated rings. The highest BCUT2D eigenvalue weighted by atomic mass is 16.5. The second-order valence-electron chi connectivity index (χ2n) is 5.57. The fourth-order valence-corrected chi connectivity index (χ4v) is 2.49. The van der Waals surface area contributed by atoms with Crippen molar-refractivity contribution in [3.05, 3.63) is 0 Å². The lowest BCUT2D eigenvalue weighted by molar-refractivity contribution is 0.122. The van der Waals surface area contributed by atoms with E-state index in [0.29, 0.717) is 31.1 Å². The number of nitrogens with two attached hydrogens (primary N) is 1. The zero-order valence-corrected chi connectivity index (χ0v) is 11.7. The minimum atomic E-state index is 0.0928. The number of hydrogen-bond acceptors (Lipinski definition) is 8. The lowest BCUT2D eigenvalue weighted by Crippen LogP contribution is -2.43. The Balaban J connectivity index is 1.82. The van der Waals surface area contributed by atoms with Gasteiger partial charge in [-0.3, -0.25) is 5.43 Å². The predicted molar refractivity (Wildman–Crippen MR) is 76.5 cm³/mol. The first-order valence-corrected chi connectivity index (χ1v) is 7.02. The van der Waals surface area contributed by atoms with Crippen LogP contribution in [0.25, 0.3) is 0 Å². The van der Waals surface area contributed by atoms with E-state index in [-0.39, 0.29) is 5.54 Å². The van der Waals surface area contributed by atoms with Crippen LogP contribution in [0.5, 0.6) is 0 Å². The van der Waals surface area contributed by atoms with Gasteiger partial charge in [0.05, 0.1) is 13.2 Å². The molecule has 0 aromatic carbocycles. The molecule has 110 valence electrons. The maximum atomic E-state index is 5.45. The third-order valence-corrected chi connectivity index (χ3v) is 3.92. The van der Waals surface area contributed by atoms with Crippen LogP contribution in [0.3, 0.4) is 0 Å². The molecule has 1 aromatic heterocycles. The Labute approximate surface area is 118 Å². The highest BCUT2D eigenvalue weighted by Crippen LogP contribution is 2.34. The van der Waals surface area contributed by atoms with E-state index in [4.69, 9.17) is 10.6 Å². The summed E-state index contributed by atoms with van der Waals surface area (Å²) in [6.45, 7) is 5.13. The van der Waals surface area contributed by atoms with E-state index < -0.39 is 0 Å². The molecule has 1 aliphatic heterocycles. The van der Waals surface area contributed by atoms with Gasteiger partial charge < -0.3 is 15.0 Å². The Bertz CT molecular complexity index is 471. The summed E-state index contributed by atoms with van der Waals surface area (Å²) in [7, 11) is 0. The molecular formula is C12H21N7O. The Morgan fingerprint density at radius 3 is 2.45 bits per heavy atom. The van der Waals surface area contributed by atoms with E-state index in [1.165, 1.54) is 6.42 Å². The quantitative estimate of drug-likeness (QED) is 0.536. The molecular weight excluding hydrogens is 258 g/mol. The molecule has 1 saturated heterocycles. The molecule has 8 nitrogen and oxygen atoms in total. The van der Waals surface area contributed by atoms with Crippen molar-refractivity contribution in [3.8, 4) is 0 Å². The number of nitrogens with one attached hydrogen (secondary N) is 2. The van der Waals surface area contributed by atoms with E-state index in [2.05, 4.69) is 37.5 Å². The molecule has 3 rings (SSSR count). The monoisotopic (exact) mass is 279 g/mol. The van der Waals surface area contributed by atoms with Crippen molar-refractivity contribution in [3.63, 3.8) is 0 Å². The zero-order chi connectivity index (χ0) is 14.0. The van der Waals surface area contributed by atoms with Gasteiger partial charge in [0, 0.05) is 18.6 Å². The minimum Gasteiger partial charge on any atom is -0.378 e. The first-order chi connectivity index (χ1) is 9.68. The predicted octanol–water partition coefficient (Wildman–Crippen LogP) is 0.348. The summed E-state index contributed by atoms with van der Waals surface area (Å²) < 4.78 is 5.35. The number of anilines is 3. The van der Waals surface area contributed by atoms with Crippen molar-refractivity contribution >= 4 is 17.8 Å². The van der Waals surface area contributed by atoms with Crippen molar-refractivity contribution in [2.24, 2.45) is 5.84 Å². The first-order valence-electron chi connectivity index (χ1n) is 7.02. The van der Waals surface area contributed by atoms with Gasteiger partial charge in [0.1, 0.15) is 0 Å². The number of ether oxygens (including phenoxy) is 1. The fourth-order valence-electron chi connectivity index (χ4n) is 2.49. The number of nitrogens with zero attached hydrogens (tertiary/aromatic N) is 4. The highest BCUT2D eigenvalue weighted by Gasteiger charge is 2.32. The van der Waals surface area contributed by atoms with Gasteiger partial charge >= 0.3 is 0 Å². The van der Waals surface area contributed by atoms with Crippen LogP contribution >= 0.6 is 0 Å². The van der Waals surface area contributed by atoms with Crippen LogP contribution in [0.1, 0.15) is 26.2 Å². The van der Waals surface area contributed by atoms with Crippen molar-refractivity contribution in [2.75, 3.05) is 41.9 Å². The van der Waals surface area contributed by atoms with Crippen molar-refractivity contribution in [2.45, 2.75) is 31.7 Å². The van der Waals surface area contributed by atoms with E-state index in [1.54, 1.807) is 0 Å². The molecule has 2 heterocycles. The maximum Gasteiger partial charge on any atom is 0.243 e. The standard InChI is InChI=1S/C12H21N7O/c1-12(3-2-4-12)17-9-14-10(18-13)16-11(15-9)19-5-7-20-8-6-19/h2-8,13H2,1H3,(H2,14,15,16,17,18). The molecule has 20 heavy (non-hydrogen) atoms. The summed E-state index contributed by atoms with van der Waals surface area (Å²) in [6, 6.07) is 0. The number of hydrazine groups is 1. The van der Waals surface area contributed by atoms with Gasteiger partial charge in [-0.1, -0.05) is 0 Å². The second-order valence-corrected chi connectivity index (χ2v) is 5.57. The van der Waals surface area contributed by atoms with Crippen LogP contribution < -0.4 is 21.5 Å². The van der Waals surface area contributed by atoms with Gasteiger partial charge in [0.15, 0.2) is 0 Å². The highest BCUT2D eigenvalue weighted by molar-refractivity contribution is 5.45. The molecule has 0 atom stereocenters. The molecule has 0 bridgehead atoms. The van der Waals surface area contributed by atoms with Gasteiger partial charge in [-0.25, -0.2) is 5.84 Å². The average molecular weight is 279 g/mol. The topological polar surface area (TPSA) is 101 Å². The van der Waals surface area contributed by atoms with Gasteiger partial charge in [-0.15, -0.1) is 0 Å². The summed E-state index contributed by atoms with van der Waals surface area (Å²) in [5, 5.41) is 3.39. The zero-order valence-electron chi connectivity index (χ0n) is 11.7. The maximum absolute atomic E-state index is 5.45. The van der Waals surface area contributed by atoms with Crippen LogP contribution in [-0.2, 0) is 4.74 Å². The first kappa shape index (κ1) is 13.3. The summed E-state index contributed by atoms with van der Waals surface area (Å²) in [5.74, 6) is 7.06. The van der Waals surface area contributed by atoms with Gasteiger partial charge in [0.25, 0.3) is 0 Å². The molecule has 1 aliphatic carbocycles. The molecule has 8 heteroatoms. The molecule has 0 unspecified atom stereocenters. The van der Waals surface area contributed by atoms with Crippen molar-refractivity contribution < 1.29 is 4.74 Å². The SMILES string of the molecule is CC1(Nc2nc(NN)nc(N3CCOCC3)n2)CCC1. The van der Waals surface area contributed by atoms with Crippen LogP contribution in [0.2, 0.25) is 0 Å². The van der Waals surface area contributed by atoms with E-state index in [1.807, 2.05) is 0 Å².